The molecule has 1 aliphatic rings. The number of pyridine rings is 1. The molecule has 5 nitrogen and oxygen atoms in total. The third-order valence-corrected chi connectivity index (χ3v) is 4.20. The van der Waals surface area contributed by atoms with Crippen LogP contribution in [0.15, 0.2) is 23.1 Å². The normalized spacial score (nSPS) is 16.3. The lowest BCUT2D eigenvalue weighted by Crippen LogP contribution is -2.25. The molecule has 0 spiro atoms. The summed E-state index contributed by atoms with van der Waals surface area (Å²) in [5.41, 5.74) is 1.99. The first-order chi connectivity index (χ1) is 10.6. The van der Waals surface area contributed by atoms with Crippen molar-refractivity contribution >= 4 is 16.9 Å². The molecule has 0 saturated carbocycles. The lowest BCUT2D eigenvalue weighted by Gasteiger charge is -2.27. The summed E-state index contributed by atoms with van der Waals surface area (Å²) in [6, 6.07) is 5.65. The van der Waals surface area contributed by atoms with Crippen molar-refractivity contribution in [1.82, 2.24) is 4.57 Å². The van der Waals surface area contributed by atoms with Crippen LogP contribution in [0.25, 0.3) is 10.9 Å². The average Bonchev–Trinajstić information content (AvgIpc) is 2.52. The van der Waals surface area contributed by atoms with E-state index < -0.39 is 5.97 Å². The zero-order valence-electron chi connectivity index (χ0n) is 12.5. The van der Waals surface area contributed by atoms with E-state index in [4.69, 9.17) is 4.74 Å². The molecule has 0 radical (unpaired) electrons. The molecule has 1 atom stereocenters. The number of nitrogens with zero attached hydrogens (tertiary/aromatic N) is 2. The minimum atomic E-state index is -0.596. The molecule has 1 aromatic heterocycles. The standard InChI is InChI=1S/C17H16N2O3/c1-3-22-17(21)14-9-19-10(2)4-6-12-11(8-18)5-7-13(15(12)19)16(14)20/h5,7,9-10H,3-4,6H2,1-2H3. The van der Waals surface area contributed by atoms with Crippen LogP contribution in [0.2, 0.25) is 0 Å². The lowest BCUT2D eigenvalue weighted by atomic mass is 9.92. The van der Waals surface area contributed by atoms with Crippen molar-refractivity contribution in [3.63, 3.8) is 0 Å². The van der Waals surface area contributed by atoms with Gasteiger partial charge in [-0.2, -0.15) is 5.26 Å². The van der Waals surface area contributed by atoms with Crippen molar-refractivity contribution in [1.29, 1.82) is 5.26 Å². The Balaban J connectivity index is 2.39. The molecule has 112 valence electrons. The Hall–Kier alpha value is -2.61. The van der Waals surface area contributed by atoms with Crippen LogP contribution < -0.4 is 5.43 Å². The molecule has 0 saturated heterocycles. The van der Waals surface area contributed by atoms with Crippen molar-refractivity contribution < 1.29 is 9.53 Å². The van der Waals surface area contributed by atoms with E-state index in [0.717, 1.165) is 23.9 Å². The topological polar surface area (TPSA) is 72.1 Å². The molecule has 5 heteroatoms. The molecule has 22 heavy (non-hydrogen) atoms. The van der Waals surface area contributed by atoms with Crippen LogP contribution in [-0.2, 0) is 11.2 Å². The fourth-order valence-corrected chi connectivity index (χ4v) is 3.07. The molecule has 2 aromatic rings. The van der Waals surface area contributed by atoms with Gasteiger partial charge >= 0.3 is 5.97 Å². The molecule has 0 N–H and O–H groups in total. The fraction of sp³-hybridized carbons (Fsp3) is 0.353. The van der Waals surface area contributed by atoms with Gasteiger partial charge in [0.1, 0.15) is 5.56 Å². The molecule has 0 fully saturated rings. The molecule has 0 bridgehead atoms. The lowest BCUT2D eigenvalue weighted by molar-refractivity contribution is 0.0524. The molecule has 0 aliphatic carbocycles. The van der Waals surface area contributed by atoms with Gasteiger partial charge in [0, 0.05) is 17.6 Å². The summed E-state index contributed by atoms with van der Waals surface area (Å²) in [5.74, 6) is -0.596. The third kappa shape index (κ3) is 2.00. The maximum Gasteiger partial charge on any atom is 0.343 e. The van der Waals surface area contributed by atoms with Crippen molar-refractivity contribution in [2.45, 2.75) is 32.7 Å². The predicted octanol–water partition coefficient (Wildman–Crippen LogP) is 2.56. The molecule has 2 heterocycles. The summed E-state index contributed by atoms with van der Waals surface area (Å²) >= 11 is 0. The van der Waals surface area contributed by atoms with E-state index in [1.54, 1.807) is 25.3 Å². The summed E-state index contributed by atoms with van der Waals surface area (Å²) in [7, 11) is 0. The van der Waals surface area contributed by atoms with E-state index in [9.17, 15) is 14.9 Å². The first-order valence-electron chi connectivity index (χ1n) is 7.36. The summed E-state index contributed by atoms with van der Waals surface area (Å²) in [6.45, 7) is 3.98. The first-order valence-corrected chi connectivity index (χ1v) is 7.36. The molecule has 0 amide bonds. The Labute approximate surface area is 127 Å². The maximum absolute atomic E-state index is 12.6. The SMILES string of the molecule is CCOC(=O)c1cn2c3c(c(C#N)ccc3c1=O)CCC2C. The monoisotopic (exact) mass is 296 g/mol. The number of hydrogen-bond acceptors (Lipinski definition) is 4. The number of benzene rings is 1. The highest BCUT2D eigenvalue weighted by atomic mass is 16.5. The van der Waals surface area contributed by atoms with Gasteiger partial charge in [-0.05, 0) is 44.4 Å². The number of rotatable bonds is 2. The van der Waals surface area contributed by atoms with Crippen LogP contribution >= 0.6 is 0 Å². The Morgan fingerprint density at radius 1 is 1.50 bits per heavy atom. The Morgan fingerprint density at radius 3 is 2.95 bits per heavy atom. The molecular weight excluding hydrogens is 280 g/mol. The molecule has 1 unspecified atom stereocenters. The highest BCUT2D eigenvalue weighted by Crippen LogP contribution is 2.31. The van der Waals surface area contributed by atoms with Gasteiger partial charge < -0.3 is 9.30 Å². The zero-order valence-corrected chi connectivity index (χ0v) is 12.5. The van der Waals surface area contributed by atoms with E-state index in [-0.39, 0.29) is 23.6 Å². The van der Waals surface area contributed by atoms with Gasteiger partial charge in [0.15, 0.2) is 0 Å². The van der Waals surface area contributed by atoms with E-state index in [1.807, 2.05) is 11.5 Å². The van der Waals surface area contributed by atoms with E-state index in [0.29, 0.717) is 10.9 Å². The van der Waals surface area contributed by atoms with Gasteiger partial charge in [-0.25, -0.2) is 4.79 Å². The zero-order chi connectivity index (χ0) is 15.9. The minimum Gasteiger partial charge on any atom is -0.462 e. The Kier molecular flexibility index (Phi) is 3.45. The predicted molar refractivity (Wildman–Crippen MR) is 81.9 cm³/mol. The number of aryl methyl sites for hydroxylation is 1. The van der Waals surface area contributed by atoms with E-state index in [2.05, 4.69) is 6.07 Å². The van der Waals surface area contributed by atoms with Gasteiger partial charge in [0.2, 0.25) is 5.43 Å². The van der Waals surface area contributed by atoms with Crippen molar-refractivity contribution in [2.24, 2.45) is 0 Å². The van der Waals surface area contributed by atoms with Crippen molar-refractivity contribution in [3.05, 3.63) is 45.2 Å². The first kappa shape index (κ1) is 14.3. The van der Waals surface area contributed by atoms with E-state index in [1.165, 1.54) is 0 Å². The molecular formula is C17H16N2O3. The quantitative estimate of drug-likeness (QED) is 0.798. The number of esters is 1. The van der Waals surface area contributed by atoms with Gasteiger partial charge in [-0.15, -0.1) is 0 Å². The van der Waals surface area contributed by atoms with Gasteiger partial charge in [-0.1, -0.05) is 0 Å². The average molecular weight is 296 g/mol. The number of carbonyl (C=O) groups excluding carboxylic acids is 1. The van der Waals surface area contributed by atoms with E-state index >= 15 is 0 Å². The van der Waals surface area contributed by atoms with Gasteiger partial charge in [-0.3, -0.25) is 4.79 Å². The second kappa shape index (κ2) is 5.30. The van der Waals surface area contributed by atoms with Crippen LogP contribution in [0, 0.1) is 11.3 Å². The largest absolute Gasteiger partial charge is 0.462 e. The summed E-state index contributed by atoms with van der Waals surface area (Å²) in [6.07, 6.45) is 3.21. The molecule has 1 aliphatic heterocycles. The van der Waals surface area contributed by atoms with Gasteiger partial charge in [0.25, 0.3) is 0 Å². The van der Waals surface area contributed by atoms with Crippen molar-refractivity contribution in [3.8, 4) is 6.07 Å². The second-order valence-corrected chi connectivity index (χ2v) is 5.49. The Bertz CT molecular complexity index is 874. The summed E-state index contributed by atoms with van der Waals surface area (Å²) in [5, 5.41) is 9.74. The van der Waals surface area contributed by atoms with Gasteiger partial charge in [0.05, 0.1) is 23.8 Å². The van der Waals surface area contributed by atoms with Crippen molar-refractivity contribution in [2.75, 3.05) is 6.61 Å². The smallest absolute Gasteiger partial charge is 0.343 e. The number of aromatic nitrogens is 1. The number of nitriles is 1. The highest BCUT2D eigenvalue weighted by Gasteiger charge is 2.24. The van der Waals surface area contributed by atoms with Crippen LogP contribution in [0.5, 0.6) is 0 Å². The third-order valence-electron chi connectivity index (χ3n) is 4.20. The summed E-state index contributed by atoms with van der Waals surface area (Å²) < 4.78 is 6.91. The fourth-order valence-electron chi connectivity index (χ4n) is 3.07. The Morgan fingerprint density at radius 2 is 2.27 bits per heavy atom. The maximum atomic E-state index is 12.6. The number of hydrogen-bond donors (Lipinski definition) is 0. The second-order valence-electron chi connectivity index (χ2n) is 5.49. The number of carbonyl (C=O) groups is 1. The summed E-state index contributed by atoms with van der Waals surface area (Å²) in [4.78, 5) is 24.6. The molecule has 3 rings (SSSR count). The molecule has 1 aromatic carbocycles. The minimum absolute atomic E-state index is 0.0544. The van der Waals surface area contributed by atoms with Crippen LogP contribution in [0.1, 0.15) is 47.8 Å². The number of ether oxygens (including phenoxy) is 1. The van der Waals surface area contributed by atoms with Crippen LogP contribution in [0.3, 0.4) is 0 Å². The van der Waals surface area contributed by atoms with Crippen LogP contribution in [0.4, 0.5) is 0 Å². The van der Waals surface area contributed by atoms with Crippen LogP contribution in [-0.4, -0.2) is 17.1 Å². The highest BCUT2D eigenvalue weighted by molar-refractivity contribution is 5.95.